The molecular formula is C26H22BrNO5. The maximum atomic E-state index is 12.8. The van der Waals surface area contributed by atoms with E-state index >= 15 is 0 Å². The van der Waals surface area contributed by atoms with Crippen LogP contribution in [-0.2, 0) is 28.9 Å². The van der Waals surface area contributed by atoms with Crippen LogP contribution in [0, 0.1) is 0 Å². The fourth-order valence-corrected chi connectivity index (χ4v) is 5.28. The summed E-state index contributed by atoms with van der Waals surface area (Å²) in [4.78, 5) is 25.9. The summed E-state index contributed by atoms with van der Waals surface area (Å²) in [7, 11) is 1.59. The molecule has 6 nitrogen and oxygen atoms in total. The van der Waals surface area contributed by atoms with E-state index in [2.05, 4.69) is 28.1 Å². The molecule has 1 aliphatic heterocycles. The molecule has 2 atom stereocenters. The lowest BCUT2D eigenvalue weighted by Gasteiger charge is -2.24. The Bertz CT molecular complexity index is 1260. The zero-order chi connectivity index (χ0) is 23.1. The first-order valence-corrected chi connectivity index (χ1v) is 11.5. The lowest BCUT2D eigenvalue weighted by atomic mass is 9.95. The third kappa shape index (κ3) is 3.97. The van der Waals surface area contributed by atoms with E-state index < -0.39 is 5.97 Å². The number of hydrogen-bond donors (Lipinski definition) is 1. The van der Waals surface area contributed by atoms with Crippen LogP contribution in [-0.4, -0.2) is 35.3 Å². The molecule has 3 aromatic carbocycles. The highest BCUT2D eigenvalue weighted by atomic mass is 79.9. The van der Waals surface area contributed by atoms with Gasteiger partial charge >= 0.3 is 12.1 Å². The Balaban J connectivity index is 1.56. The van der Waals surface area contributed by atoms with Gasteiger partial charge in [-0.05, 0) is 52.1 Å². The Kier molecular flexibility index (Phi) is 5.58. The molecular weight excluding hydrogens is 486 g/mol. The molecule has 2 aliphatic rings. The van der Waals surface area contributed by atoms with Crippen LogP contribution in [0.1, 0.15) is 28.3 Å². The molecule has 1 unspecified atom stereocenters. The van der Waals surface area contributed by atoms with Gasteiger partial charge in [0.25, 0.3) is 0 Å². The van der Waals surface area contributed by atoms with Crippen LogP contribution in [0.4, 0.5) is 4.79 Å². The molecule has 0 spiro atoms. The summed E-state index contributed by atoms with van der Waals surface area (Å²) in [5, 5.41) is 9.24. The second-order valence-corrected chi connectivity index (χ2v) is 9.22. The zero-order valence-electron chi connectivity index (χ0n) is 18.0. The molecule has 0 aromatic heterocycles. The van der Waals surface area contributed by atoms with Crippen molar-refractivity contribution in [3.8, 4) is 16.9 Å². The number of rotatable bonds is 6. The van der Waals surface area contributed by atoms with Gasteiger partial charge in [0.2, 0.25) is 0 Å². The fourth-order valence-electron chi connectivity index (χ4n) is 4.88. The minimum atomic E-state index is -0.895. The number of fused-ring (bicyclic) bond motifs is 3. The summed E-state index contributed by atoms with van der Waals surface area (Å²) in [5.74, 6) is -0.256. The molecule has 0 bridgehead atoms. The number of ether oxygens (including phenoxy) is 2. The molecule has 1 amide bonds. The maximum absolute atomic E-state index is 12.8. The monoisotopic (exact) mass is 507 g/mol. The van der Waals surface area contributed by atoms with Crippen molar-refractivity contribution in [3.05, 3.63) is 87.4 Å². The van der Waals surface area contributed by atoms with E-state index in [1.807, 2.05) is 36.4 Å². The molecule has 0 saturated carbocycles. The van der Waals surface area contributed by atoms with Crippen LogP contribution >= 0.6 is 15.9 Å². The van der Waals surface area contributed by atoms with E-state index in [9.17, 15) is 14.7 Å². The highest BCUT2D eigenvalue weighted by molar-refractivity contribution is 9.10. The minimum Gasteiger partial charge on any atom is -0.496 e. The highest BCUT2D eigenvalue weighted by Gasteiger charge is 2.47. The van der Waals surface area contributed by atoms with Gasteiger partial charge in [-0.1, -0.05) is 52.3 Å². The van der Waals surface area contributed by atoms with Crippen LogP contribution in [0.15, 0.2) is 65.1 Å². The molecule has 5 rings (SSSR count). The predicted molar refractivity (Wildman–Crippen MR) is 126 cm³/mol. The third-order valence-electron chi connectivity index (χ3n) is 6.29. The highest BCUT2D eigenvalue weighted by Crippen LogP contribution is 2.44. The number of halogens is 1. The van der Waals surface area contributed by atoms with Crippen molar-refractivity contribution in [2.45, 2.75) is 31.5 Å². The minimum absolute atomic E-state index is 0.0815. The van der Waals surface area contributed by atoms with Crippen LogP contribution in [0.5, 0.6) is 5.75 Å². The number of amides is 1. The van der Waals surface area contributed by atoms with Crippen molar-refractivity contribution < 1.29 is 24.2 Å². The van der Waals surface area contributed by atoms with Crippen molar-refractivity contribution >= 4 is 28.0 Å². The number of carboxylic acids is 1. The van der Waals surface area contributed by atoms with Gasteiger partial charge in [0, 0.05) is 16.5 Å². The smallest absolute Gasteiger partial charge is 0.411 e. The van der Waals surface area contributed by atoms with Crippen molar-refractivity contribution in [3.63, 3.8) is 0 Å². The average molecular weight is 508 g/mol. The van der Waals surface area contributed by atoms with E-state index in [4.69, 9.17) is 9.47 Å². The molecule has 1 aliphatic carbocycles. The molecule has 1 heterocycles. The Labute approximate surface area is 199 Å². The summed E-state index contributed by atoms with van der Waals surface area (Å²) < 4.78 is 12.2. The summed E-state index contributed by atoms with van der Waals surface area (Å²) in [5.41, 5.74) is 5.60. The molecule has 0 radical (unpaired) electrons. The number of aliphatic carboxylic acids is 1. The van der Waals surface area contributed by atoms with Crippen LogP contribution in [0.3, 0.4) is 0 Å². The summed E-state index contributed by atoms with van der Waals surface area (Å²) in [6.45, 7) is 0.357. The molecule has 3 aromatic rings. The topological polar surface area (TPSA) is 76.1 Å². The molecule has 1 fully saturated rings. The van der Waals surface area contributed by atoms with Gasteiger partial charge in [0.1, 0.15) is 11.9 Å². The number of carbonyl (C=O) groups is 2. The number of carbonyl (C=O) groups excluding carboxylic acids is 1. The van der Waals surface area contributed by atoms with Gasteiger partial charge in [-0.15, -0.1) is 0 Å². The van der Waals surface area contributed by atoms with Gasteiger partial charge in [-0.25, -0.2) is 4.79 Å². The zero-order valence-corrected chi connectivity index (χ0v) is 19.5. The average Bonchev–Trinajstić information content (AvgIpc) is 3.29. The van der Waals surface area contributed by atoms with Crippen molar-refractivity contribution in [2.75, 3.05) is 7.11 Å². The maximum Gasteiger partial charge on any atom is 0.411 e. The van der Waals surface area contributed by atoms with Gasteiger partial charge in [0.15, 0.2) is 0 Å². The normalized spacial score (nSPS) is 18.6. The number of hydrogen-bond acceptors (Lipinski definition) is 4. The summed E-state index contributed by atoms with van der Waals surface area (Å²) in [6.07, 6.45) is 0.136. The second kappa shape index (κ2) is 8.56. The molecule has 1 N–H and O–H groups in total. The van der Waals surface area contributed by atoms with E-state index in [0.717, 1.165) is 33.1 Å². The second-order valence-electron chi connectivity index (χ2n) is 8.30. The van der Waals surface area contributed by atoms with Crippen LogP contribution in [0.2, 0.25) is 0 Å². The largest absolute Gasteiger partial charge is 0.496 e. The Morgan fingerprint density at radius 3 is 2.76 bits per heavy atom. The van der Waals surface area contributed by atoms with Gasteiger partial charge in [-0.2, -0.15) is 0 Å². The number of methoxy groups -OCH3 is 1. The van der Waals surface area contributed by atoms with E-state index in [-0.39, 0.29) is 24.7 Å². The Morgan fingerprint density at radius 1 is 1.15 bits per heavy atom. The van der Waals surface area contributed by atoms with E-state index in [1.54, 1.807) is 24.1 Å². The van der Waals surface area contributed by atoms with E-state index in [0.29, 0.717) is 17.9 Å². The first-order chi connectivity index (χ1) is 15.9. The van der Waals surface area contributed by atoms with Gasteiger partial charge in [0.05, 0.1) is 26.1 Å². The third-order valence-corrected chi connectivity index (χ3v) is 6.78. The SMILES string of the molecule is COc1ccc(CC(=O)O)cc1-c1ccc(Br)cc1CN1C(=O)O[C@@H]2Cc3ccccc3C21. The van der Waals surface area contributed by atoms with Crippen molar-refractivity contribution in [1.29, 1.82) is 0 Å². The summed E-state index contributed by atoms with van der Waals surface area (Å²) in [6, 6.07) is 19.3. The number of nitrogens with zero attached hydrogens (tertiary/aromatic N) is 1. The quantitative estimate of drug-likeness (QED) is 0.485. The van der Waals surface area contributed by atoms with Gasteiger partial charge < -0.3 is 14.6 Å². The summed E-state index contributed by atoms with van der Waals surface area (Å²) >= 11 is 3.55. The Morgan fingerprint density at radius 2 is 1.97 bits per heavy atom. The van der Waals surface area contributed by atoms with Crippen LogP contribution < -0.4 is 4.74 Å². The Hall–Kier alpha value is -3.32. The molecule has 168 valence electrons. The predicted octanol–water partition coefficient (Wildman–Crippen LogP) is 5.37. The first-order valence-electron chi connectivity index (χ1n) is 10.7. The van der Waals surface area contributed by atoms with Crippen molar-refractivity contribution in [1.82, 2.24) is 4.90 Å². The van der Waals surface area contributed by atoms with Crippen LogP contribution in [0.25, 0.3) is 11.1 Å². The number of benzene rings is 3. The van der Waals surface area contributed by atoms with Crippen molar-refractivity contribution in [2.24, 2.45) is 0 Å². The standard InChI is InChI=1S/C26H22BrNO5/c1-32-22-9-6-15(11-24(29)30)10-21(22)19-8-7-18(27)12-17(19)14-28-25-20-5-3-2-4-16(20)13-23(25)33-26(28)31/h2-10,12,23,25H,11,13-14H2,1H3,(H,29,30)/t23-,25?/m1/s1. The van der Waals surface area contributed by atoms with Gasteiger partial charge in [-0.3, -0.25) is 9.69 Å². The fraction of sp³-hybridized carbons (Fsp3) is 0.231. The lowest BCUT2D eigenvalue weighted by molar-refractivity contribution is -0.136. The molecule has 7 heteroatoms. The first kappa shape index (κ1) is 21.5. The number of carboxylic acid groups (broad SMARTS) is 1. The molecule has 1 saturated heterocycles. The lowest BCUT2D eigenvalue weighted by Crippen LogP contribution is -2.27. The van der Waals surface area contributed by atoms with E-state index in [1.165, 1.54) is 5.56 Å². The molecule has 33 heavy (non-hydrogen) atoms.